The fraction of sp³-hybridized carbons (Fsp3) is 0.545. The van der Waals surface area contributed by atoms with Gasteiger partial charge in [-0.15, -0.1) is 0 Å². The van der Waals surface area contributed by atoms with Crippen LogP contribution in [-0.2, 0) is 23.1 Å². The van der Waals surface area contributed by atoms with E-state index in [0.29, 0.717) is 36.8 Å². The number of sulfonamides is 1. The minimum atomic E-state index is -3.58. The van der Waals surface area contributed by atoms with E-state index >= 15 is 0 Å². The van der Waals surface area contributed by atoms with Crippen LogP contribution in [0.25, 0.3) is 0 Å². The number of hydrogen-bond acceptors (Lipinski definition) is 6. The van der Waals surface area contributed by atoms with Crippen molar-refractivity contribution in [2.75, 3.05) is 18.0 Å². The first-order valence-electron chi connectivity index (χ1n) is 15.5. The lowest BCUT2D eigenvalue weighted by Crippen LogP contribution is -2.43. The van der Waals surface area contributed by atoms with Crippen LogP contribution in [0.3, 0.4) is 0 Å². The van der Waals surface area contributed by atoms with E-state index in [-0.39, 0.29) is 23.3 Å². The number of aryl methyl sites for hydroxylation is 1. The summed E-state index contributed by atoms with van der Waals surface area (Å²) < 4.78 is 30.4. The summed E-state index contributed by atoms with van der Waals surface area (Å²) in [4.78, 5) is 14.1. The first kappa shape index (κ1) is 31.8. The van der Waals surface area contributed by atoms with E-state index in [2.05, 4.69) is 4.90 Å². The molecule has 0 amide bonds. The average molecular weight is 631 g/mol. The van der Waals surface area contributed by atoms with E-state index in [9.17, 15) is 23.4 Å². The van der Waals surface area contributed by atoms with E-state index in [4.69, 9.17) is 21.5 Å². The third-order valence-corrected chi connectivity index (χ3v) is 11.3. The smallest absolute Gasteiger partial charge is 0.335 e. The molecule has 1 aliphatic heterocycles. The SMILES string of the molecule is NS(=O)(=O)[C@H]1CCCC[C@@H]1C/C=C/[C@H](O)[C@@H]1CC[C@H]1CN1CCCCc2cc(Cl)ccc2COc2ccc(C(=O)O)cc21. The van der Waals surface area contributed by atoms with E-state index in [1.54, 1.807) is 18.2 Å². The third-order valence-electron chi connectivity index (χ3n) is 9.63. The topological polar surface area (TPSA) is 130 Å². The van der Waals surface area contributed by atoms with Crippen LogP contribution in [0, 0.1) is 17.8 Å². The van der Waals surface area contributed by atoms with Crippen molar-refractivity contribution in [3.05, 3.63) is 70.3 Å². The molecule has 0 radical (unpaired) electrons. The summed E-state index contributed by atoms with van der Waals surface area (Å²) in [5.41, 5.74) is 3.22. The highest BCUT2D eigenvalue weighted by atomic mass is 35.5. The molecule has 8 nitrogen and oxygen atoms in total. The number of carboxylic acid groups (broad SMARTS) is 1. The lowest BCUT2D eigenvalue weighted by Gasteiger charge is -2.42. The van der Waals surface area contributed by atoms with Gasteiger partial charge in [0.2, 0.25) is 10.0 Å². The maximum Gasteiger partial charge on any atom is 0.335 e. The molecule has 0 spiro atoms. The second-order valence-corrected chi connectivity index (χ2v) is 14.6. The van der Waals surface area contributed by atoms with Gasteiger partial charge in [-0.3, -0.25) is 0 Å². The van der Waals surface area contributed by atoms with Crippen LogP contribution in [-0.4, -0.2) is 49.0 Å². The van der Waals surface area contributed by atoms with Crippen LogP contribution in [0.15, 0.2) is 48.6 Å². The largest absolute Gasteiger partial charge is 0.487 e. The normalized spacial score (nSPS) is 25.5. The number of anilines is 1. The molecule has 5 rings (SSSR count). The number of aromatic carboxylic acids is 1. The number of hydrogen-bond donors (Lipinski definition) is 3. The Morgan fingerprint density at radius 3 is 2.60 bits per heavy atom. The van der Waals surface area contributed by atoms with Gasteiger partial charge in [-0.1, -0.05) is 42.7 Å². The minimum Gasteiger partial charge on any atom is -0.487 e. The summed E-state index contributed by atoms with van der Waals surface area (Å²) in [7, 11) is -3.58. The van der Waals surface area contributed by atoms with Gasteiger partial charge in [-0.2, -0.15) is 0 Å². The molecule has 1 heterocycles. The lowest BCUT2D eigenvalue weighted by molar-refractivity contribution is 0.0460. The number of primary sulfonamides is 1. The van der Waals surface area contributed by atoms with Crippen molar-refractivity contribution in [2.24, 2.45) is 22.9 Å². The molecule has 3 aliphatic rings. The Labute approximate surface area is 259 Å². The van der Waals surface area contributed by atoms with E-state index in [0.717, 1.165) is 69.2 Å². The number of aliphatic hydroxyl groups excluding tert-OH is 1. The highest BCUT2D eigenvalue weighted by molar-refractivity contribution is 7.89. The number of carbonyl (C=O) groups is 1. The van der Waals surface area contributed by atoms with Crippen molar-refractivity contribution in [1.29, 1.82) is 0 Å². The standard InChI is InChI=1S/C33H43ClN2O6S/c34-27-14-11-26-21-42-31-16-13-24(33(38)39)19-29(31)36(17-4-3-7-23(26)18-27)20-25-12-15-28(25)30(37)9-5-8-22-6-1-2-10-32(22)43(35,40)41/h5,9,11,13-14,16,18-19,22,25,28,30,32,37H,1-4,6-8,10,12,15,17,20-21H2,(H,38,39)(H2,35,40,41)/b9-5+/t22-,25+,28-,30+,32+/m1/s1. The number of carboxylic acids is 1. The first-order valence-corrected chi connectivity index (χ1v) is 17.5. The van der Waals surface area contributed by atoms with Crippen molar-refractivity contribution in [1.82, 2.24) is 0 Å². The maximum absolute atomic E-state index is 12.1. The van der Waals surface area contributed by atoms with Crippen molar-refractivity contribution in [3.8, 4) is 5.75 Å². The fourth-order valence-electron chi connectivity index (χ4n) is 7.04. The Kier molecular flexibility index (Phi) is 10.4. The molecule has 0 unspecified atom stereocenters. The molecule has 234 valence electrons. The summed E-state index contributed by atoms with van der Waals surface area (Å²) in [6.07, 6.45) is 11.7. The number of ether oxygens (including phenoxy) is 1. The zero-order chi connectivity index (χ0) is 30.6. The molecule has 0 aromatic heterocycles. The predicted octanol–water partition coefficient (Wildman–Crippen LogP) is 5.94. The second kappa shape index (κ2) is 14.0. The minimum absolute atomic E-state index is 0.00961. The summed E-state index contributed by atoms with van der Waals surface area (Å²) >= 11 is 6.28. The number of benzene rings is 2. The monoisotopic (exact) mass is 630 g/mol. The van der Waals surface area contributed by atoms with Crippen molar-refractivity contribution in [2.45, 2.75) is 82.2 Å². The number of aliphatic hydroxyl groups is 1. The summed E-state index contributed by atoms with van der Waals surface area (Å²) in [6.45, 7) is 1.79. The van der Waals surface area contributed by atoms with E-state index < -0.39 is 27.3 Å². The van der Waals surface area contributed by atoms with Crippen LogP contribution in [0.4, 0.5) is 5.69 Å². The average Bonchev–Trinajstić information content (AvgIpc) is 2.98. The zero-order valence-corrected chi connectivity index (χ0v) is 26.1. The fourth-order valence-corrected chi connectivity index (χ4v) is 8.51. The number of nitrogens with two attached hydrogens (primary N) is 1. The van der Waals surface area contributed by atoms with Gasteiger partial charge in [-0.25, -0.2) is 18.4 Å². The highest BCUT2D eigenvalue weighted by Gasteiger charge is 2.37. The molecule has 2 aliphatic carbocycles. The van der Waals surface area contributed by atoms with Gasteiger partial charge in [0, 0.05) is 18.1 Å². The third kappa shape index (κ3) is 7.93. The maximum atomic E-state index is 12.1. The molecule has 2 aromatic rings. The zero-order valence-electron chi connectivity index (χ0n) is 24.5. The number of fused-ring (bicyclic) bond motifs is 2. The molecule has 4 N–H and O–H groups in total. The van der Waals surface area contributed by atoms with Crippen LogP contribution in [0.5, 0.6) is 5.75 Å². The van der Waals surface area contributed by atoms with Crippen LogP contribution in [0.2, 0.25) is 5.02 Å². The van der Waals surface area contributed by atoms with Crippen LogP contribution >= 0.6 is 11.6 Å². The number of nitrogens with zero attached hydrogens (tertiary/aromatic N) is 1. The molecular formula is C33H43ClN2O6S. The Balaban J connectivity index is 1.30. The van der Waals surface area contributed by atoms with Gasteiger partial charge >= 0.3 is 5.97 Å². The van der Waals surface area contributed by atoms with Crippen molar-refractivity contribution >= 4 is 33.3 Å². The summed E-state index contributed by atoms with van der Waals surface area (Å²) in [6, 6.07) is 10.9. The summed E-state index contributed by atoms with van der Waals surface area (Å²) in [5, 5.41) is 26.6. The number of allylic oxidation sites excluding steroid dienone is 1. The Morgan fingerprint density at radius 2 is 1.86 bits per heavy atom. The van der Waals surface area contributed by atoms with Gasteiger partial charge < -0.3 is 19.8 Å². The second-order valence-electron chi connectivity index (χ2n) is 12.4. The van der Waals surface area contributed by atoms with Gasteiger partial charge in [0.1, 0.15) is 12.4 Å². The summed E-state index contributed by atoms with van der Waals surface area (Å²) in [5.74, 6) is -0.0467. The van der Waals surface area contributed by atoms with E-state index in [1.165, 1.54) is 5.56 Å². The molecule has 0 bridgehead atoms. The van der Waals surface area contributed by atoms with Crippen molar-refractivity contribution < 1.29 is 28.2 Å². The number of rotatable bonds is 8. The lowest BCUT2D eigenvalue weighted by atomic mass is 9.70. The molecular weight excluding hydrogens is 588 g/mol. The number of halogens is 1. The van der Waals surface area contributed by atoms with Gasteiger partial charge in [0.15, 0.2) is 0 Å². The van der Waals surface area contributed by atoms with Gasteiger partial charge in [-0.05, 0) is 111 Å². The molecule has 10 heteroatoms. The van der Waals surface area contributed by atoms with Crippen molar-refractivity contribution in [3.63, 3.8) is 0 Å². The molecule has 2 saturated carbocycles. The predicted molar refractivity (Wildman–Crippen MR) is 169 cm³/mol. The quantitative estimate of drug-likeness (QED) is 0.308. The Bertz CT molecular complexity index is 1430. The molecule has 0 saturated heterocycles. The Morgan fingerprint density at radius 1 is 1.05 bits per heavy atom. The first-order chi connectivity index (χ1) is 20.6. The molecule has 2 aromatic carbocycles. The van der Waals surface area contributed by atoms with Gasteiger partial charge in [0.05, 0.1) is 22.6 Å². The Hall–Kier alpha value is -2.59. The van der Waals surface area contributed by atoms with Crippen LogP contribution in [0.1, 0.15) is 79.3 Å². The molecule has 43 heavy (non-hydrogen) atoms. The van der Waals surface area contributed by atoms with Gasteiger partial charge in [0.25, 0.3) is 0 Å². The highest BCUT2D eigenvalue weighted by Crippen LogP contribution is 2.41. The van der Waals surface area contributed by atoms with Crippen LogP contribution < -0.4 is 14.8 Å². The van der Waals surface area contributed by atoms with E-state index in [1.807, 2.05) is 30.4 Å². The molecule has 5 atom stereocenters. The molecule has 2 fully saturated rings.